The quantitative estimate of drug-likeness (QED) is 0.557. The zero-order chi connectivity index (χ0) is 12.7. The number of aliphatic hydroxyl groups excluding tert-OH is 3. The Morgan fingerprint density at radius 3 is 2.24 bits per heavy atom. The van der Waals surface area contributed by atoms with Crippen LogP contribution in [0, 0.1) is 0 Å². The molecule has 4 heteroatoms. The number of rotatable bonds is 7. The average Bonchev–Trinajstić information content (AvgIpc) is 2.41. The van der Waals surface area contributed by atoms with E-state index in [0.717, 1.165) is 5.56 Å². The van der Waals surface area contributed by atoms with Crippen LogP contribution in [0.25, 0.3) is 0 Å². The van der Waals surface area contributed by atoms with Crippen molar-refractivity contribution < 1.29 is 15.3 Å². The summed E-state index contributed by atoms with van der Waals surface area (Å²) in [6.07, 6.45) is -0.0400. The first-order chi connectivity index (χ1) is 8.17. The van der Waals surface area contributed by atoms with Crippen molar-refractivity contribution in [2.75, 3.05) is 19.8 Å². The molecule has 1 aromatic carbocycles. The van der Waals surface area contributed by atoms with Gasteiger partial charge in [-0.25, -0.2) is 0 Å². The molecule has 1 unspecified atom stereocenters. The summed E-state index contributed by atoms with van der Waals surface area (Å²) >= 11 is 0. The third-order valence-corrected chi connectivity index (χ3v) is 3.14. The average molecular weight is 239 g/mol. The predicted octanol–water partition coefficient (Wildman–Crippen LogP) is 0.443. The molecule has 1 aromatic rings. The molecule has 0 aromatic heterocycles. The van der Waals surface area contributed by atoms with Crippen LogP contribution < -0.4 is 5.32 Å². The van der Waals surface area contributed by atoms with Gasteiger partial charge in [-0.2, -0.15) is 0 Å². The van der Waals surface area contributed by atoms with Gasteiger partial charge in [-0.3, -0.25) is 0 Å². The number of hydrogen-bond donors (Lipinski definition) is 4. The maximum atomic E-state index is 9.94. The molecule has 4 N–H and O–H groups in total. The lowest BCUT2D eigenvalue weighted by Crippen LogP contribution is -2.52. The molecule has 0 radical (unpaired) electrons. The summed E-state index contributed by atoms with van der Waals surface area (Å²) in [5.74, 6) is 0. The SMILES string of the molecule is CCC(CO)(CO)NCC(O)c1ccccc1. The lowest BCUT2D eigenvalue weighted by molar-refractivity contribution is 0.0707. The molecular weight excluding hydrogens is 218 g/mol. The summed E-state index contributed by atoms with van der Waals surface area (Å²) in [6, 6.07) is 9.31. The summed E-state index contributed by atoms with van der Waals surface area (Å²) in [6.45, 7) is 1.89. The minimum atomic E-state index is -0.713. The first-order valence-corrected chi connectivity index (χ1v) is 5.87. The van der Waals surface area contributed by atoms with Gasteiger partial charge in [-0.05, 0) is 12.0 Å². The number of β-amino-alcohol motifs (C(OH)–C–C–N with tert-alkyl or cyclic N) is 1. The van der Waals surface area contributed by atoms with Gasteiger partial charge in [-0.15, -0.1) is 0 Å². The van der Waals surface area contributed by atoms with Crippen LogP contribution in [-0.4, -0.2) is 40.6 Å². The van der Waals surface area contributed by atoms with E-state index in [-0.39, 0.29) is 13.2 Å². The number of aliphatic hydroxyl groups is 3. The van der Waals surface area contributed by atoms with Crippen molar-refractivity contribution in [3.05, 3.63) is 35.9 Å². The lowest BCUT2D eigenvalue weighted by Gasteiger charge is -2.31. The molecule has 0 fully saturated rings. The Balaban J connectivity index is 2.55. The lowest BCUT2D eigenvalue weighted by atomic mass is 9.97. The predicted molar refractivity (Wildman–Crippen MR) is 66.6 cm³/mol. The summed E-state index contributed by atoms with van der Waals surface area (Å²) < 4.78 is 0. The van der Waals surface area contributed by atoms with E-state index in [0.29, 0.717) is 13.0 Å². The molecule has 0 amide bonds. The summed E-state index contributed by atoms with van der Waals surface area (Å²) in [7, 11) is 0. The monoisotopic (exact) mass is 239 g/mol. The second-order valence-corrected chi connectivity index (χ2v) is 4.26. The Bertz CT molecular complexity index is 303. The van der Waals surface area contributed by atoms with Gasteiger partial charge in [0.2, 0.25) is 0 Å². The van der Waals surface area contributed by atoms with E-state index in [9.17, 15) is 15.3 Å². The number of benzene rings is 1. The minimum absolute atomic E-state index is 0.151. The molecule has 96 valence electrons. The van der Waals surface area contributed by atoms with Crippen LogP contribution in [0.3, 0.4) is 0 Å². The van der Waals surface area contributed by atoms with Crippen molar-refractivity contribution >= 4 is 0 Å². The highest BCUT2D eigenvalue weighted by atomic mass is 16.3. The molecular formula is C13H21NO3. The summed E-state index contributed by atoms with van der Waals surface area (Å²) in [5.41, 5.74) is 0.108. The fraction of sp³-hybridized carbons (Fsp3) is 0.538. The minimum Gasteiger partial charge on any atom is -0.394 e. The van der Waals surface area contributed by atoms with E-state index in [1.807, 2.05) is 37.3 Å². The Hall–Kier alpha value is -0.940. The van der Waals surface area contributed by atoms with Gasteiger partial charge >= 0.3 is 0 Å². The van der Waals surface area contributed by atoms with E-state index in [1.165, 1.54) is 0 Å². The van der Waals surface area contributed by atoms with Crippen molar-refractivity contribution in [2.24, 2.45) is 0 Å². The molecule has 17 heavy (non-hydrogen) atoms. The van der Waals surface area contributed by atoms with Gasteiger partial charge in [-0.1, -0.05) is 37.3 Å². The third-order valence-electron chi connectivity index (χ3n) is 3.14. The first kappa shape index (κ1) is 14.1. The topological polar surface area (TPSA) is 72.7 Å². The fourth-order valence-electron chi connectivity index (χ4n) is 1.62. The van der Waals surface area contributed by atoms with E-state index >= 15 is 0 Å². The smallest absolute Gasteiger partial charge is 0.0914 e. The molecule has 4 nitrogen and oxygen atoms in total. The van der Waals surface area contributed by atoms with Crippen LogP contribution >= 0.6 is 0 Å². The van der Waals surface area contributed by atoms with Gasteiger partial charge in [0.15, 0.2) is 0 Å². The molecule has 0 aliphatic carbocycles. The van der Waals surface area contributed by atoms with Crippen LogP contribution in [-0.2, 0) is 0 Å². The second-order valence-electron chi connectivity index (χ2n) is 4.26. The van der Waals surface area contributed by atoms with Gasteiger partial charge in [0, 0.05) is 6.54 Å². The van der Waals surface area contributed by atoms with Crippen LogP contribution in [0.5, 0.6) is 0 Å². The Morgan fingerprint density at radius 2 is 1.76 bits per heavy atom. The Labute approximate surface area is 102 Å². The van der Waals surface area contributed by atoms with Crippen molar-refractivity contribution in [3.8, 4) is 0 Å². The highest BCUT2D eigenvalue weighted by molar-refractivity contribution is 5.17. The van der Waals surface area contributed by atoms with Gasteiger partial charge in [0.1, 0.15) is 0 Å². The zero-order valence-electron chi connectivity index (χ0n) is 10.1. The van der Waals surface area contributed by atoms with Crippen LogP contribution in [0.2, 0.25) is 0 Å². The maximum Gasteiger partial charge on any atom is 0.0914 e. The summed E-state index contributed by atoms with van der Waals surface area (Å²) in [4.78, 5) is 0. The van der Waals surface area contributed by atoms with Crippen LogP contribution in [0.1, 0.15) is 25.0 Å². The van der Waals surface area contributed by atoms with Crippen molar-refractivity contribution in [2.45, 2.75) is 25.0 Å². The highest BCUT2D eigenvalue weighted by Gasteiger charge is 2.26. The molecule has 0 saturated carbocycles. The van der Waals surface area contributed by atoms with E-state index in [2.05, 4.69) is 5.32 Å². The zero-order valence-corrected chi connectivity index (χ0v) is 10.1. The van der Waals surface area contributed by atoms with Gasteiger partial charge < -0.3 is 20.6 Å². The second kappa shape index (κ2) is 6.71. The van der Waals surface area contributed by atoms with Gasteiger partial charge in [0.25, 0.3) is 0 Å². The number of hydrogen-bond acceptors (Lipinski definition) is 4. The largest absolute Gasteiger partial charge is 0.394 e. The van der Waals surface area contributed by atoms with Crippen molar-refractivity contribution in [3.63, 3.8) is 0 Å². The Kier molecular flexibility index (Phi) is 5.58. The molecule has 1 atom stereocenters. The maximum absolute atomic E-state index is 9.94. The highest BCUT2D eigenvalue weighted by Crippen LogP contribution is 2.14. The molecule has 0 spiro atoms. The molecule has 0 bridgehead atoms. The van der Waals surface area contributed by atoms with E-state index in [4.69, 9.17) is 0 Å². The van der Waals surface area contributed by atoms with Crippen molar-refractivity contribution in [1.29, 1.82) is 0 Å². The van der Waals surface area contributed by atoms with Gasteiger partial charge in [0.05, 0.1) is 24.9 Å². The molecule has 0 aliphatic heterocycles. The fourth-order valence-corrected chi connectivity index (χ4v) is 1.62. The standard InChI is InChI=1S/C13H21NO3/c1-2-13(9-15,10-16)14-8-12(17)11-6-4-3-5-7-11/h3-7,12,14-17H,2,8-10H2,1H3. The van der Waals surface area contributed by atoms with E-state index in [1.54, 1.807) is 0 Å². The van der Waals surface area contributed by atoms with Crippen molar-refractivity contribution in [1.82, 2.24) is 5.32 Å². The molecule has 1 rings (SSSR count). The van der Waals surface area contributed by atoms with Crippen LogP contribution in [0.15, 0.2) is 30.3 Å². The molecule has 0 saturated heterocycles. The first-order valence-electron chi connectivity index (χ1n) is 5.87. The third kappa shape index (κ3) is 3.78. The summed E-state index contributed by atoms with van der Waals surface area (Å²) in [5, 5.41) is 31.5. The molecule has 0 heterocycles. The number of nitrogens with one attached hydrogen (secondary N) is 1. The normalized spacial score (nSPS) is 13.6. The molecule has 0 aliphatic rings. The van der Waals surface area contributed by atoms with Crippen LogP contribution in [0.4, 0.5) is 0 Å². The Morgan fingerprint density at radius 1 is 1.18 bits per heavy atom. The van der Waals surface area contributed by atoms with E-state index < -0.39 is 11.6 Å².